The highest BCUT2D eigenvalue weighted by atomic mass is 32.2. The van der Waals surface area contributed by atoms with Crippen molar-refractivity contribution in [3.8, 4) is 0 Å². The minimum Gasteiger partial charge on any atom is -0.457 e. The Morgan fingerprint density at radius 1 is 1.35 bits per heavy atom. The normalized spacial score (nSPS) is 23.2. The van der Waals surface area contributed by atoms with Crippen molar-refractivity contribution in [2.45, 2.75) is 57.1 Å². The standard InChI is InChI=1S/C25H31N5O8S2/c1-4-7-16(23(33)37-10-14-8-5-6-9-36-14)38-24(34)19-13(2)11-39-22-18(21(32)30(19)22)28-20(31)17(29-35-3)15-12-40-25(26)27-15/h7,12,14,18,22H,4-6,8-11H2,1-3H3,(H2,26,27)(H,28,31)/b16-7-,29-17-/t14?,18-,22-/m1/s1. The van der Waals surface area contributed by atoms with Gasteiger partial charge in [0.25, 0.3) is 11.8 Å². The predicted molar refractivity (Wildman–Crippen MR) is 147 cm³/mol. The topological polar surface area (TPSA) is 172 Å². The fraction of sp³-hybridized carbons (Fsp3) is 0.520. The molecule has 4 rings (SSSR count). The van der Waals surface area contributed by atoms with Gasteiger partial charge in [0.15, 0.2) is 10.8 Å². The van der Waals surface area contributed by atoms with Crippen LogP contribution in [0.1, 0.15) is 45.2 Å². The number of nitrogens with zero attached hydrogens (tertiary/aromatic N) is 3. The van der Waals surface area contributed by atoms with Gasteiger partial charge in [-0.25, -0.2) is 14.6 Å². The van der Waals surface area contributed by atoms with Crippen molar-refractivity contribution in [2.75, 3.05) is 31.8 Å². The first-order chi connectivity index (χ1) is 19.2. The molecule has 0 aromatic carbocycles. The third-order valence-corrected chi connectivity index (χ3v) is 8.37. The Morgan fingerprint density at radius 2 is 2.15 bits per heavy atom. The highest BCUT2D eigenvalue weighted by Crippen LogP contribution is 2.40. The molecule has 3 aliphatic rings. The summed E-state index contributed by atoms with van der Waals surface area (Å²) in [5, 5.41) is 7.61. The second-order valence-corrected chi connectivity index (χ2v) is 11.1. The molecule has 0 aliphatic carbocycles. The molecule has 3 N–H and O–H groups in total. The number of thiazole rings is 1. The van der Waals surface area contributed by atoms with E-state index in [0.717, 1.165) is 30.6 Å². The lowest BCUT2D eigenvalue weighted by Crippen LogP contribution is -2.71. The van der Waals surface area contributed by atoms with Crippen molar-refractivity contribution in [2.24, 2.45) is 5.16 Å². The van der Waals surface area contributed by atoms with Gasteiger partial charge >= 0.3 is 11.9 Å². The van der Waals surface area contributed by atoms with Gasteiger partial charge in [0.1, 0.15) is 36.5 Å². The van der Waals surface area contributed by atoms with Gasteiger partial charge in [-0.05, 0) is 44.3 Å². The zero-order valence-electron chi connectivity index (χ0n) is 22.3. The Bertz CT molecular complexity index is 1250. The lowest BCUT2D eigenvalue weighted by Gasteiger charge is -2.49. The average molecular weight is 594 g/mol. The summed E-state index contributed by atoms with van der Waals surface area (Å²) >= 11 is 2.51. The Kier molecular flexibility index (Phi) is 9.81. The lowest BCUT2D eigenvalue weighted by atomic mass is 10.0. The Balaban J connectivity index is 1.42. The molecule has 0 spiro atoms. The third kappa shape index (κ3) is 6.47. The highest BCUT2D eigenvalue weighted by molar-refractivity contribution is 8.00. The van der Waals surface area contributed by atoms with Crippen LogP contribution in [0, 0.1) is 0 Å². The largest absolute Gasteiger partial charge is 0.457 e. The Labute approximate surface area is 239 Å². The minimum atomic E-state index is -0.933. The molecular weight excluding hydrogens is 562 g/mol. The van der Waals surface area contributed by atoms with Gasteiger partial charge in [-0.1, -0.05) is 12.1 Å². The summed E-state index contributed by atoms with van der Waals surface area (Å²) in [5.74, 6) is -2.67. The molecule has 1 aromatic heterocycles. The molecule has 2 amide bonds. The molecule has 15 heteroatoms. The minimum absolute atomic E-state index is 0.0303. The zero-order valence-corrected chi connectivity index (χ0v) is 24.0. The summed E-state index contributed by atoms with van der Waals surface area (Å²) in [4.78, 5) is 62.2. The van der Waals surface area contributed by atoms with Crippen molar-refractivity contribution >= 4 is 57.7 Å². The number of oxime groups is 1. The van der Waals surface area contributed by atoms with Crippen molar-refractivity contribution in [3.05, 3.63) is 34.2 Å². The van der Waals surface area contributed by atoms with Crippen LogP contribution in [0.15, 0.2) is 33.6 Å². The average Bonchev–Trinajstić information content (AvgIpc) is 3.38. The van der Waals surface area contributed by atoms with Gasteiger partial charge in [-0.3, -0.25) is 14.5 Å². The number of nitrogens with one attached hydrogen (secondary N) is 1. The molecule has 1 unspecified atom stereocenters. The maximum atomic E-state index is 13.3. The van der Waals surface area contributed by atoms with Crippen LogP contribution in [-0.4, -0.2) is 82.9 Å². The van der Waals surface area contributed by atoms with Crippen molar-refractivity contribution in [1.29, 1.82) is 0 Å². The molecule has 13 nitrogen and oxygen atoms in total. The number of amides is 2. The molecule has 0 saturated carbocycles. The van der Waals surface area contributed by atoms with E-state index in [-0.39, 0.29) is 40.7 Å². The van der Waals surface area contributed by atoms with Crippen LogP contribution in [-0.2, 0) is 38.2 Å². The van der Waals surface area contributed by atoms with Gasteiger partial charge in [-0.15, -0.1) is 23.1 Å². The van der Waals surface area contributed by atoms with E-state index in [1.807, 2.05) is 0 Å². The van der Waals surface area contributed by atoms with Gasteiger partial charge in [-0.2, -0.15) is 0 Å². The molecule has 0 bridgehead atoms. The highest BCUT2D eigenvalue weighted by Gasteiger charge is 2.54. The predicted octanol–water partition coefficient (Wildman–Crippen LogP) is 1.70. The van der Waals surface area contributed by atoms with Crippen LogP contribution in [0.5, 0.6) is 0 Å². The summed E-state index contributed by atoms with van der Waals surface area (Å²) in [6.07, 6.45) is 4.43. The second-order valence-electron chi connectivity index (χ2n) is 9.14. The molecule has 1 aromatic rings. The van der Waals surface area contributed by atoms with E-state index in [2.05, 4.69) is 15.5 Å². The van der Waals surface area contributed by atoms with Gasteiger partial charge < -0.3 is 30.1 Å². The van der Waals surface area contributed by atoms with Gasteiger partial charge in [0, 0.05) is 17.7 Å². The smallest absolute Gasteiger partial charge is 0.374 e. The fourth-order valence-electron chi connectivity index (χ4n) is 4.34. The number of nitrogens with two attached hydrogens (primary N) is 1. The van der Waals surface area contributed by atoms with Crippen LogP contribution >= 0.6 is 23.1 Å². The number of allylic oxidation sites excluding steroid dienone is 1. The van der Waals surface area contributed by atoms with Crippen LogP contribution in [0.4, 0.5) is 5.13 Å². The number of rotatable bonds is 10. The zero-order chi connectivity index (χ0) is 28.8. The second kappa shape index (κ2) is 13.3. The Morgan fingerprint density at radius 3 is 2.80 bits per heavy atom. The van der Waals surface area contributed by atoms with E-state index < -0.39 is 35.2 Å². The van der Waals surface area contributed by atoms with Crippen molar-refractivity contribution in [1.82, 2.24) is 15.2 Å². The van der Waals surface area contributed by atoms with Crippen LogP contribution < -0.4 is 11.1 Å². The number of anilines is 1. The molecule has 40 heavy (non-hydrogen) atoms. The molecule has 2 fully saturated rings. The van der Waals surface area contributed by atoms with Crippen LogP contribution in [0.25, 0.3) is 0 Å². The van der Waals surface area contributed by atoms with E-state index in [4.69, 9.17) is 24.8 Å². The molecule has 4 heterocycles. The number of β-lactam (4-membered cyclic amide) rings is 1. The molecule has 0 radical (unpaired) electrons. The molecule has 3 atom stereocenters. The number of nitrogen functional groups attached to an aromatic ring is 1. The van der Waals surface area contributed by atoms with Crippen LogP contribution in [0.3, 0.4) is 0 Å². The number of ether oxygens (including phenoxy) is 3. The SMILES string of the molecule is CC/C=C(\OC(=O)C1=C(C)CS[C@@H]2[C@H](NC(=O)/C(=N\OC)c3csc(N)n3)C(=O)N12)C(=O)OCC1CCCCO1. The third-order valence-electron chi connectivity index (χ3n) is 6.27. The Hall–Kier alpha value is -3.43. The number of esters is 2. The number of hydrogen-bond acceptors (Lipinski definition) is 13. The van der Waals surface area contributed by atoms with E-state index >= 15 is 0 Å². The summed E-state index contributed by atoms with van der Waals surface area (Å²) in [7, 11) is 1.28. The first kappa shape index (κ1) is 29.6. The number of carbonyl (C=O) groups excluding carboxylic acids is 4. The maximum Gasteiger partial charge on any atom is 0.374 e. The monoisotopic (exact) mass is 593 g/mol. The fourth-order valence-corrected chi connectivity index (χ4v) is 6.18. The maximum absolute atomic E-state index is 13.3. The molecule has 2 saturated heterocycles. The van der Waals surface area contributed by atoms with E-state index in [1.165, 1.54) is 29.8 Å². The van der Waals surface area contributed by atoms with Gasteiger partial charge in [0.05, 0.1) is 6.10 Å². The molecule has 3 aliphatic heterocycles. The van der Waals surface area contributed by atoms with Crippen molar-refractivity contribution < 1.29 is 38.2 Å². The molecule has 216 valence electrons. The van der Waals surface area contributed by atoms with E-state index in [9.17, 15) is 19.2 Å². The summed E-state index contributed by atoms with van der Waals surface area (Å²) in [6, 6.07) is -0.933. The van der Waals surface area contributed by atoms with Crippen molar-refractivity contribution in [3.63, 3.8) is 0 Å². The lowest BCUT2D eigenvalue weighted by molar-refractivity contribution is -0.156. The molecular formula is C25H31N5O8S2. The first-order valence-corrected chi connectivity index (χ1v) is 14.7. The first-order valence-electron chi connectivity index (χ1n) is 12.7. The number of fused-ring (bicyclic) bond motifs is 1. The quantitative estimate of drug-likeness (QED) is 0.101. The summed E-state index contributed by atoms with van der Waals surface area (Å²) in [5.41, 5.74) is 6.37. The summed E-state index contributed by atoms with van der Waals surface area (Å²) < 4.78 is 16.4. The van der Waals surface area contributed by atoms with E-state index in [1.54, 1.807) is 19.2 Å². The van der Waals surface area contributed by atoms with E-state index in [0.29, 0.717) is 24.4 Å². The number of hydrogen-bond donors (Lipinski definition) is 2. The van der Waals surface area contributed by atoms with Gasteiger partial charge in [0.2, 0.25) is 5.76 Å². The number of aromatic nitrogens is 1. The number of carbonyl (C=O) groups is 4. The summed E-state index contributed by atoms with van der Waals surface area (Å²) in [6.45, 7) is 4.17. The van der Waals surface area contributed by atoms with Crippen LogP contribution in [0.2, 0.25) is 0 Å². The number of thioether (sulfide) groups is 1.